The van der Waals surface area contributed by atoms with E-state index in [1.165, 1.54) is 179 Å². The van der Waals surface area contributed by atoms with Crippen molar-refractivity contribution in [3.8, 4) is 22.3 Å². The molecule has 0 saturated carbocycles. The monoisotopic (exact) mass is 1030 g/mol. The van der Waals surface area contributed by atoms with Crippen molar-refractivity contribution in [1.82, 2.24) is 0 Å². The minimum Gasteiger partial charge on any atom is -0.309 e. The summed E-state index contributed by atoms with van der Waals surface area (Å²) >= 11 is 0. The third-order valence-electron chi connectivity index (χ3n) is 18.5. The van der Waals surface area contributed by atoms with E-state index in [1.807, 2.05) is 0 Å². The lowest BCUT2D eigenvalue weighted by Gasteiger charge is -2.36. The van der Waals surface area contributed by atoms with Gasteiger partial charge in [-0.1, -0.05) is 145 Å². The Morgan fingerprint density at radius 1 is 0.299 bits per heavy atom. The van der Waals surface area contributed by atoms with Gasteiger partial charge in [-0.2, -0.15) is 0 Å². The smallest absolute Gasteiger partial charge is 0.119 e. The molecule has 0 saturated heterocycles. The molecular formula is C74H86N2Si. The quantitative estimate of drug-likeness (QED) is 0.126. The number of hydrogen-bond acceptors (Lipinski definition) is 2. The van der Waals surface area contributed by atoms with Crippen LogP contribution in [-0.2, 0) is 0 Å². The van der Waals surface area contributed by atoms with Gasteiger partial charge in [-0.25, -0.2) is 0 Å². The second kappa shape index (κ2) is 20.6. The maximum atomic E-state index is 2.63. The van der Waals surface area contributed by atoms with Crippen LogP contribution in [0.5, 0.6) is 0 Å². The highest BCUT2D eigenvalue weighted by Crippen LogP contribution is 2.52. The standard InChI is InChI=1S/C74H86N2Si/c1-23-77(24-2)65-29-25-27-63(67-53(15)57(19)73(58(20)54(67)16)75(69-45(7)33-41(3)34-46(69)8)70-47(9)35-42(4)36-48(70)10)61(65)31-32-62-64(28-26-30-66(62)77)68-55(17)59(21)74(60(22)56(68)18)76(71-49(11)37-43(5)38-50(71)12)72-51(13)39-44(6)40-52(72)14/h25-40H,23-24H2,1-22H3. The summed E-state index contributed by atoms with van der Waals surface area (Å²) in [5.74, 6) is 0. The number of fused-ring (bicyclic) bond motifs is 2. The minimum atomic E-state index is -2.36. The first-order valence-electron chi connectivity index (χ1n) is 28.5. The first-order valence-corrected chi connectivity index (χ1v) is 30.9. The highest BCUT2D eigenvalue weighted by molar-refractivity contribution is 7.03. The van der Waals surface area contributed by atoms with E-state index in [0.717, 1.165) is 12.1 Å². The van der Waals surface area contributed by atoms with E-state index in [4.69, 9.17) is 0 Å². The van der Waals surface area contributed by atoms with Crippen LogP contribution in [0, 0.1) is 138 Å². The third kappa shape index (κ3) is 8.86. The van der Waals surface area contributed by atoms with E-state index in [-0.39, 0.29) is 0 Å². The SMILES string of the molecule is CC[Si]1(CC)c2cccc(-c3c(C)c(C)c(N(c4c(C)cc(C)cc4C)c4c(C)cc(C)cc4C)c(C)c3C)c2C=Cc2c(-c3c(C)c(C)c(N(c4c(C)cc(C)cc4C)c4c(C)cc(C)cc4C)c(C)c3C)cccc21. The maximum absolute atomic E-state index is 2.63. The molecule has 0 radical (unpaired) electrons. The third-order valence-corrected chi connectivity index (χ3v) is 23.8. The van der Waals surface area contributed by atoms with E-state index in [9.17, 15) is 0 Å². The summed E-state index contributed by atoms with van der Waals surface area (Å²) < 4.78 is 0. The van der Waals surface area contributed by atoms with Crippen molar-refractivity contribution >= 4 is 64.7 Å². The van der Waals surface area contributed by atoms with Gasteiger partial charge < -0.3 is 9.80 Å². The van der Waals surface area contributed by atoms with E-state index < -0.39 is 8.07 Å². The molecule has 1 heterocycles. The predicted octanol–water partition coefficient (Wildman–Crippen LogP) is 20.2. The second-order valence-corrected chi connectivity index (χ2v) is 28.4. The normalized spacial score (nSPS) is 12.7. The Kier molecular flexibility index (Phi) is 14.7. The fourth-order valence-corrected chi connectivity index (χ4v) is 19.5. The highest BCUT2D eigenvalue weighted by Gasteiger charge is 2.40. The van der Waals surface area contributed by atoms with Gasteiger partial charge in [0.1, 0.15) is 8.07 Å². The molecule has 0 unspecified atom stereocenters. The molecule has 0 amide bonds. The Morgan fingerprint density at radius 3 is 0.753 bits per heavy atom. The summed E-state index contributed by atoms with van der Waals surface area (Å²) in [7, 11) is -2.36. The molecular weight excluding hydrogens is 945 g/mol. The maximum Gasteiger partial charge on any atom is 0.119 e. The van der Waals surface area contributed by atoms with E-state index in [2.05, 4.69) is 259 Å². The average Bonchev–Trinajstić information content (AvgIpc) is 3.59. The molecule has 1 aliphatic rings. The molecule has 0 aliphatic carbocycles. The first-order chi connectivity index (χ1) is 36.4. The molecule has 0 bridgehead atoms. The van der Waals surface area contributed by atoms with Crippen LogP contribution < -0.4 is 20.2 Å². The Hall–Kier alpha value is -6.68. The lowest BCUT2D eigenvalue weighted by atomic mass is 9.84. The van der Waals surface area contributed by atoms with Gasteiger partial charge in [0.25, 0.3) is 0 Å². The van der Waals surface area contributed by atoms with E-state index in [0.29, 0.717) is 0 Å². The molecule has 396 valence electrons. The summed E-state index contributed by atoms with van der Waals surface area (Å²) in [6, 6.07) is 35.7. The molecule has 3 heteroatoms. The zero-order valence-corrected chi connectivity index (χ0v) is 52.0. The molecule has 8 aromatic carbocycles. The van der Waals surface area contributed by atoms with Crippen LogP contribution in [-0.4, -0.2) is 8.07 Å². The first kappa shape index (κ1) is 55.1. The molecule has 9 rings (SSSR count). The van der Waals surface area contributed by atoms with E-state index in [1.54, 1.807) is 10.4 Å². The van der Waals surface area contributed by atoms with Crippen LogP contribution in [0.2, 0.25) is 12.1 Å². The zero-order chi connectivity index (χ0) is 56.0. The van der Waals surface area contributed by atoms with Crippen molar-refractivity contribution in [2.75, 3.05) is 9.80 Å². The van der Waals surface area contributed by atoms with Crippen molar-refractivity contribution in [1.29, 1.82) is 0 Å². The van der Waals surface area contributed by atoms with Crippen LogP contribution in [0.3, 0.4) is 0 Å². The highest BCUT2D eigenvalue weighted by atomic mass is 28.3. The zero-order valence-electron chi connectivity index (χ0n) is 51.0. The Bertz CT molecular complexity index is 3270. The van der Waals surface area contributed by atoms with Crippen molar-refractivity contribution < 1.29 is 0 Å². The number of nitrogens with zero attached hydrogens (tertiary/aromatic N) is 2. The van der Waals surface area contributed by atoms with Gasteiger partial charge >= 0.3 is 0 Å². The van der Waals surface area contributed by atoms with Gasteiger partial charge in [-0.05, 0) is 271 Å². The van der Waals surface area contributed by atoms with Crippen molar-refractivity contribution in [3.05, 3.63) is 207 Å². The van der Waals surface area contributed by atoms with Crippen LogP contribution in [0.25, 0.3) is 34.4 Å². The van der Waals surface area contributed by atoms with Gasteiger partial charge in [0.2, 0.25) is 0 Å². The molecule has 0 atom stereocenters. The lowest BCUT2D eigenvalue weighted by molar-refractivity contribution is 1.12. The number of anilines is 6. The van der Waals surface area contributed by atoms with Crippen molar-refractivity contribution in [2.24, 2.45) is 0 Å². The van der Waals surface area contributed by atoms with Gasteiger partial charge in [-0.3, -0.25) is 0 Å². The summed E-state index contributed by atoms with van der Waals surface area (Å²) in [4.78, 5) is 5.26. The number of hydrogen-bond donors (Lipinski definition) is 0. The van der Waals surface area contributed by atoms with Gasteiger partial charge in [-0.15, -0.1) is 0 Å². The Morgan fingerprint density at radius 2 is 0.532 bits per heavy atom. The summed E-state index contributed by atoms with van der Waals surface area (Å²) in [6.07, 6.45) is 5.06. The summed E-state index contributed by atoms with van der Waals surface area (Å²) in [5, 5.41) is 3.12. The molecule has 0 aromatic heterocycles. The van der Waals surface area contributed by atoms with Crippen molar-refractivity contribution in [2.45, 2.75) is 164 Å². The number of benzene rings is 8. The van der Waals surface area contributed by atoms with Crippen molar-refractivity contribution in [3.63, 3.8) is 0 Å². The summed E-state index contributed by atoms with van der Waals surface area (Å²) in [6.45, 7) is 51.3. The molecule has 2 nitrogen and oxygen atoms in total. The molecule has 0 N–H and O–H groups in total. The average molecular weight is 1030 g/mol. The second-order valence-electron chi connectivity index (χ2n) is 23.8. The fraction of sp³-hybridized carbons (Fsp3) is 0.324. The van der Waals surface area contributed by atoms with Crippen LogP contribution >= 0.6 is 0 Å². The molecule has 8 aromatic rings. The largest absolute Gasteiger partial charge is 0.309 e. The fourth-order valence-electron chi connectivity index (χ4n) is 14.9. The van der Waals surface area contributed by atoms with Gasteiger partial charge in [0.15, 0.2) is 0 Å². The van der Waals surface area contributed by atoms with Crippen LogP contribution in [0.15, 0.2) is 84.9 Å². The Labute approximate surface area is 466 Å². The van der Waals surface area contributed by atoms with Gasteiger partial charge in [0.05, 0.1) is 34.1 Å². The van der Waals surface area contributed by atoms with E-state index >= 15 is 0 Å². The number of aryl methyl sites for hydroxylation is 12. The molecule has 0 fully saturated rings. The molecule has 1 aliphatic heterocycles. The molecule has 0 spiro atoms. The Balaban J connectivity index is 1.27. The summed E-state index contributed by atoms with van der Waals surface area (Å²) in [5.41, 5.74) is 42.3. The number of rotatable bonds is 10. The van der Waals surface area contributed by atoms with Crippen LogP contribution in [0.1, 0.15) is 136 Å². The topological polar surface area (TPSA) is 6.48 Å². The predicted molar refractivity (Wildman–Crippen MR) is 343 cm³/mol. The lowest BCUT2D eigenvalue weighted by Crippen LogP contribution is -2.58. The minimum absolute atomic E-state index is 1.13. The van der Waals surface area contributed by atoms with Crippen LogP contribution in [0.4, 0.5) is 34.1 Å². The van der Waals surface area contributed by atoms with Gasteiger partial charge in [0, 0.05) is 0 Å². The molecule has 77 heavy (non-hydrogen) atoms.